The Balaban J connectivity index is 1.88. The molecule has 134 valence electrons. The van der Waals surface area contributed by atoms with Crippen LogP contribution in [0.25, 0.3) is 0 Å². The van der Waals surface area contributed by atoms with E-state index in [0.717, 1.165) is 19.5 Å². The average molecular weight is 360 g/mol. The van der Waals surface area contributed by atoms with Crippen molar-refractivity contribution in [1.82, 2.24) is 4.90 Å². The summed E-state index contributed by atoms with van der Waals surface area (Å²) in [7, 11) is 0. The van der Waals surface area contributed by atoms with Crippen LogP contribution in [0.1, 0.15) is 29.8 Å². The highest BCUT2D eigenvalue weighted by Gasteiger charge is 2.17. The van der Waals surface area contributed by atoms with E-state index in [9.17, 15) is 9.59 Å². The first-order chi connectivity index (χ1) is 12.1. The fraction of sp³-hybridized carbons (Fsp3) is 0.368. The molecule has 5 nitrogen and oxygen atoms in total. The number of benzene rings is 1. The Labute approximate surface area is 152 Å². The average Bonchev–Trinajstić information content (AvgIpc) is 3.07. The lowest BCUT2D eigenvalue weighted by molar-refractivity contribution is -0.117. The summed E-state index contributed by atoms with van der Waals surface area (Å²) in [6.45, 7) is 6.00. The fourth-order valence-corrected chi connectivity index (χ4v) is 3.22. The van der Waals surface area contributed by atoms with Gasteiger partial charge < -0.3 is 10.1 Å². The molecule has 0 unspecified atom stereocenters. The maximum absolute atomic E-state index is 12.3. The molecule has 0 aliphatic rings. The second-order valence-corrected chi connectivity index (χ2v) is 6.45. The molecule has 0 atom stereocenters. The molecule has 0 bridgehead atoms. The Bertz CT molecular complexity index is 685. The Morgan fingerprint density at radius 1 is 1.16 bits per heavy atom. The topological polar surface area (TPSA) is 58.6 Å². The van der Waals surface area contributed by atoms with Crippen LogP contribution in [0, 0.1) is 0 Å². The van der Waals surface area contributed by atoms with Crippen LogP contribution in [-0.4, -0.2) is 43.0 Å². The molecule has 0 saturated heterocycles. The molecule has 0 spiro atoms. The minimum atomic E-state index is -0.407. The number of likely N-dealkylation sites (N-methyl/N-ethyl adjacent to an activating group) is 1. The number of hydrogen-bond acceptors (Lipinski definition) is 5. The quantitative estimate of drug-likeness (QED) is 0.696. The van der Waals surface area contributed by atoms with Crippen LogP contribution in [0.4, 0.5) is 5.00 Å². The number of nitrogens with one attached hydrogen (secondary N) is 1. The van der Waals surface area contributed by atoms with Gasteiger partial charge in [0.2, 0.25) is 5.91 Å². The van der Waals surface area contributed by atoms with Gasteiger partial charge in [0.1, 0.15) is 5.00 Å². The van der Waals surface area contributed by atoms with Crippen molar-refractivity contribution in [3.05, 3.63) is 52.9 Å². The standard InChI is InChI=1S/C19H24N2O3S/c1-3-21(12-10-15-8-6-5-7-9-15)14-17(22)20-18-16(11-13-25-18)19(23)24-4-2/h5-9,11,13H,3-4,10,12,14H2,1-2H3,(H,20,22). The van der Waals surface area contributed by atoms with Gasteiger partial charge in [-0.25, -0.2) is 4.79 Å². The smallest absolute Gasteiger partial charge is 0.341 e. The molecule has 1 aromatic carbocycles. The molecular formula is C19H24N2O3S. The zero-order valence-corrected chi connectivity index (χ0v) is 15.5. The monoisotopic (exact) mass is 360 g/mol. The van der Waals surface area contributed by atoms with Gasteiger partial charge in [0, 0.05) is 6.54 Å². The molecule has 6 heteroatoms. The molecule has 1 heterocycles. The van der Waals surface area contributed by atoms with E-state index in [2.05, 4.69) is 22.3 Å². The number of hydrogen-bond donors (Lipinski definition) is 1. The maximum Gasteiger partial charge on any atom is 0.341 e. The highest BCUT2D eigenvalue weighted by molar-refractivity contribution is 7.14. The molecular weight excluding hydrogens is 336 g/mol. The van der Waals surface area contributed by atoms with E-state index in [1.165, 1.54) is 16.9 Å². The normalized spacial score (nSPS) is 10.7. The van der Waals surface area contributed by atoms with Crippen molar-refractivity contribution in [2.45, 2.75) is 20.3 Å². The number of thiophene rings is 1. The first-order valence-corrected chi connectivity index (χ1v) is 9.32. The molecule has 1 aromatic heterocycles. The van der Waals surface area contributed by atoms with Gasteiger partial charge in [-0.15, -0.1) is 11.3 Å². The van der Waals surface area contributed by atoms with Crippen molar-refractivity contribution in [2.24, 2.45) is 0 Å². The first kappa shape index (κ1) is 19.1. The lowest BCUT2D eigenvalue weighted by Gasteiger charge is -2.19. The van der Waals surface area contributed by atoms with E-state index < -0.39 is 5.97 Å². The zero-order valence-electron chi connectivity index (χ0n) is 14.7. The number of nitrogens with zero attached hydrogens (tertiary/aromatic N) is 1. The Morgan fingerprint density at radius 2 is 1.92 bits per heavy atom. The van der Waals surface area contributed by atoms with Crippen molar-refractivity contribution >= 4 is 28.2 Å². The molecule has 0 saturated carbocycles. The summed E-state index contributed by atoms with van der Waals surface area (Å²) in [6, 6.07) is 11.9. The van der Waals surface area contributed by atoms with Crippen LogP contribution in [0.3, 0.4) is 0 Å². The Kier molecular flexibility index (Phi) is 7.63. The highest BCUT2D eigenvalue weighted by Crippen LogP contribution is 2.24. The SMILES string of the molecule is CCOC(=O)c1ccsc1NC(=O)CN(CC)CCc1ccccc1. The van der Waals surface area contributed by atoms with Crippen LogP contribution >= 0.6 is 11.3 Å². The number of amides is 1. The van der Waals surface area contributed by atoms with Gasteiger partial charge in [-0.3, -0.25) is 9.69 Å². The number of carbonyl (C=O) groups excluding carboxylic acids is 2. The lowest BCUT2D eigenvalue weighted by atomic mass is 10.1. The molecule has 0 fully saturated rings. The first-order valence-electron chi connectivity index (χ1n) is 8.44. The van der Waals surface area contributed by atoms with Gasteiger partial charge in [-0.1, -0.05) is 37.3 Å². The van der Waals surface area contributed by atoms with Crippen LogP contribution in [-0.2, 0) is 16.0 Å². The molecule has 2 rings (SSSR count). The van der Waals surface area contributed by atoms with E-state index in [0.29, 0.717) is 23.7 Å². The third-order valence-electron chi connectivity index (χ3n) is 3.79. The van der Waals surface area contributed by atoms with Crippen LogP contribution in [0.15, 0.2) is 41.8 Å². The predicted molar refractivity (Wildman–Crippen MR) is 101 cm³/mol. The largest absolute Gasteiger partial charge is 0.462 e. The summed E-state index contributed by atoms with van der Waals surface area (Å²) in [5.41, 5.74) is 1.66. The van der Waals surface area contributed by atoms with Gasteiger partial charge in [0.25, 0.3) is 0 Å². The summed E-state index contributed by atoms with van der Waals surface area (Å²) < 4.78 is 5.00. The van der Waals surface area contributed by atoms with Gasteiger partial charge in [-0.2, -0.15) is 0 Å². The summed E-state index contributed by atoms with van der Waals surface area (Å²) in [5.74, 6) is -0.529. The van der Waals surface area contributed by atoms with Gasteiger partial charge in [-0.05, 0) is 36.9 Å². The Hall–Kier alpha value is -2.18. The summed E-state index contributed by atoms with van der Waals surface area (Å²) in [5, 5.41) is 5.15. The highest BCUT2D eigenvalue weighted by atomic mass is 32.1. The van der Waals surface area contributed by atoms with Crippen molar-refractivity contribution < 1.29 is 14.3 Å². The van der Waals surface area contributed by atoms with Crippen molar-refractivity contribution in [2.75, 3.05) is 31.6 Å². The summed E-state index contributed by atoms with van der Waals surface area (Å²) in [4.78, 5) is 26.3. The van der Waals surface area contributed by atoms with Gasteiger partial charge in [0.05, 0.1) is 18.7 Å². The van der Waals surface area contributed by atoms with E-state index in [4.69, 9.17) is 4.74 Å². The number of carbonyl (C=O) groups is 2. The molecule has 0 aliphatic carbocycles. The van der Waals surface area contributed by atoms with Crippen molar-refractivity contribution in [3.63, 3.8) is 0 Å². The molecule has 1 amide bonds. The van der Waals surface area contributed by atoms with Crippen molar-refractivity contribution in [3.8, 4) is 0 Å². The summed E-state index contributed by atoms with van der Waals surface area (Å²) >= 11 is 1.33. The number of esters is 1. The molecule has 25 heavy (non-hydrogen) atoms. The predicted octanol–water partition coefficient (Wildman–Crippen LogP) is 3.43. The van der Waals surface area contributed by atoms with E-state index in [1.807, 2.05) is 25.1 Å². The fourth-order valence-electron chi connectivity index (χ4n) is 2.43. The lowest BCUT2D eigenvalue weighted by Crippen LogP contribution is -2.34. The Morgan fingerprint density at radius 3 is 2.60 bits per heavy atom. The van der Waals surface area contributed by atoms with Crippen LogP contribution in [0.5, 0.6) is 0 Å². The van der Waals surface area contributed by atoms with Crippen molar-refractivity contribution in [1.29, 1.82) is 0 Å². The van der Waals surface area contributed by atoms with Gasteiger partial charge >= 0.3 is 5.97 Å². The maximum atomic E-state index is 12.3. The molecule has 0 radical (unpaired) electrons. The third kappa shape index (κ3) is 5.99. The molecule has 2 aromatic rings. The van der Waals surface area contributed by atoms with Crippen LogP contribution in [0.2, 0.25) is 0 Å². The minimum absolute atomic E-state index is 0.122. The third-order valence-corrected chi connectivity index (χ3v) is 4.62. The zero-order chi connectivity index (χ0) is 18.1. The van der Waals surface area contributed by atoms with Gasteiger partial charge in [0.15, 0.2) is 0 Å². The van der Waals surface area contributed by atoms with Crippen LogP contribution < -0.4 is 5.32 Å². The minimum Gasteiger partial charge on any atom is -0.462 e. The second kappa shape index (κ2) is 9.96. The molecule has 0 aliphatic heterocycles. The van der Waals surface area contributed by atoms with E-state index >= 15 is 0 Å². The number of rotatable bonds is 9. The van der Waals surface area contributed by atoms with E-state index in [1.54, 1.807) is 18.4 Å². The summed E-state index contributed by atoms with van der Waals surface area (Å²) in [6.07, 6.45) is 0.898. The van der Waals surface area contributed by atoms with E-state index in [-0.39, 0.29) is 5.91 Å². The number of ether oxygens (including phenoxy) is 1. The second-order valence-electron chi connectivity index (χ2n) is 5.54. The number of anilines is 1. The molecule has 1 N–H and O–H groups in total.